The molecule has 3 heterocycles. The number of piperidine rings is 1. The number of rotatable bonds is 4. The van der Waals surface area contributed by atoms with Crippen LogP contribution >= 0.6 is 11.6 Å². The van der Waals surface area contributed by atoms with Gasteiger partial charge in [-0.1, -0.05) is 12.1 Å². The maximum atomic E-state index is 12.5. The van der Waals surface area contributed by atoms with Crippen molar-refractivity contribution < 1.29 is 9.53 Å². The van der Waals surface area contributed by atoms with Gasteiger partial charge in [-0.05, 0) is 43.1 Å². The Hall–Kier alpha value is -2.22. The van der Waals surface area contributed by atoms with Gasteiger partial charge in [-0.3, -0.25) is 4.79 Å². The molecule has 2 aromatic rings. The first-order chi connectivity index (χ1) is 13.7. The second-order valence-electron chi connectivity index (χ2n) is 7.09. The number of carbonyl (C=O) groups excluding carboxylic acids is 1. The molecule has 148 valence electrons. The lowest BCUT2D eigenvalue weighted by atomic mass is 9.98. The molecular weight excluding hydrogens is 378 g/mol. The number of morpholine rings is 1. The first-order valence-corrected chi connectivity index (χ1v) is 10.1. The molecular formula is C20H24ClN5O2. The van der Waals surface area contributed by atoms with Crippen LogP contribution in [0.15, 0.2) is 30.3 Å². The summed E-state index contributed by atoms with van der Waals surface area (Å²) in [5.41, 5.74) is 2.38. The summed E-state index contributed by atoms with van der Waals surface area (Å²) in [7, 11) is 0. The summed E-state index contributed by atoms with van der Waals surface area (Å²) >= 11 is 6.19. The lowest BCUT2D eigenvalue weighted by Gasteiger charge is -2.28. The fraction of sp³-hybridized carbons (Fsp3) is 0.450. The van der Waals surface area contributed by atoms with E-state index in [9.17, 15) is 4.79 Å². The van der Waals surface area contributed by atoms with Gasteiger partial charge in [0.2, 0.25) is 11.2 Å². The second kappa shape index (κ2) is 8.86. The Balaban J connectivity index is 1.53. The van der Waals surface area contributed by atoms with Crippen LogP contribution in [0.3, 0.4) is 0 Å². The lowest BCUT2D eigenvalue weighted by Crippen LogP contribution is -2.37. The van der Waals surface area contributed by atoms with Crippen LogP contribution in [0.1, 0.15) is 12.8 Å². The Morgan fingerprint density at radius 3 is 2.89 bits per heavy atom. The lowest BCUT2D eigenvalue weighted by molar-refractivity contribution is -0.120. The predicted octanol–water partition coefficient (Wildman–Crippen LogP) is 2.57. The van der Waals surface area contributed by atoms with Crippen molar-refractivity contribution >= 4 is 29.0 Å². The minimum atomic E-state index is 0.0128. The number of hydrogen-bond donors (Lipinski definition) is 2. The quantitative estimate of drug-likeness (QED) is 0.766. The topological polar surface area (TPSA) is 79.4 Å². The summed E-state index contributed by atoms with van der Waals surface area (Å²) in [6.45, 7) is 4.62. The summed E-state index contributed by atoms with van der Waals surface area (Å²) in [5, 5.41) is 6.52. The Labute approximate surface area is 169 Å². The van der Waals surface area contributed by atoms with Crippen molar-refractivity contribution in [1.29, 1.82) is 0 Å². The van der Waals surface area contributed by atoms with Gasteiger partial charge in [0.05, 0.1) is 24.8 Å². The molecule has 0 bridgehead atoms. The van der Waals surface area contributed by atoms with Crippen LogP contribution in [0, 0.1) is 5.92 Å². The Kier molecular flexibility index (Phi) is 6.04. The maximum absolute atomic E-state index is 12.5. The van der Waals surface area contributed by atoms with Gasteiger partial charge in [-0.2, -0.15) is 0 Å². The average Bonchev–Trinajstić information content (AvgIpc) is 2.75. The number of carbonyl (C=O) groups is 1. The molecule has 2 N–H and O–H groups in total. The minimum absolute atomic E-state index is 0.0128. The zero-order valence-corrected chi connectivity index (χ0v) is 16.4. The summed E-state index contributed by atoms with van der Waals surface area (Å²) in [6, 6.07) is 9.62. The van der Waals surface area contributed by atoms with Gasteiger partial charge in [0.1, 0.15) is 5.82 Å². The van der Waals surface area contributed by atoms with E-state index in [2.05, 4.69) is 25.5 Å². The van der Waals surface area contributed by atoms with Gasteiger partial charge in [0, 0.05) is 37.0 Å². The highest BCUT2D eigenvalue weighted by Crippen LogP contribution is 2.26. The number of anilines is 2. The largest absolute Gasteiger partial charge is 0.378 e. The first kappa shape index (κ1) is 19.1. The van der Waals surface area contributed by atoms with Crippen LogP contribution in [0.25, 0.3) is 11.3 Å². The zero-order chi connectivity index (χ0) is 19.3. The van der Waals surface area contributed by atoms with Gasteiger partial charge in [-0.25, -0.2) is 9.97 Å². The van der Waals surface area contributed by atoms with Gasteiger partial charge < -0.3 is 20.3 Å². The molecule has 7 nitrogen and oxygen atoms in total. The van der Waals surface area contributed by atoms with Crippen molar-refractivity contribution in [3.05, 3.63) is 35.6 Å². The molecule has 8 heteroatoms. The third-order valence-electron chi connectivity index (χ3n) is 5.11. The zero-order valence-electron chi connectivity index (χ0n) is 15.7. The molecule has 0 aliphatic carbocycles. The summed E-state index contributed by atoms with van der Waals surface area (Å²) < 4.78 is 5.41. The number of halogens is 1. The standard InChI is InChI=1S/C20H24ClN5O2/c21-20-24-17(12-18(25-20)26-7-9-28-10-8-26)14-3-1-5-16(11-14)23-19(27)15-4-2-6-22-13-15/h1,3,5,11-12,15,22H,2,4,6-10,13H2,(H,23,27). The second-order valence-corrected chi connectivity index (χ2v) is 7.43. The molecule has 1 aromatic heterocycles. The van der Waals surface area contributed by atoms with Crippen LogP contribution in [0.2, 0.25) is 5.28 Å². The smallest absolute Gasteiger partial charge is 0.228 e. The molecule has 0 radical (unpaired) electrons. The van der Waals surface area contributed by atoms with E-state index in [1.165, 1.54) is 0 Å². The molecule has 2 aliphatic heterocycles. The molecule has 1 unspecified atom stereocenters. The number of nitrogens with zero attached hydrogens (tertiary/aromatic N) is 3. The molecule has 2 fully saturated rings. The van der Waals surface area contributed by atoms with Crippen molar-refractivity contribution in [3.8, 4) is 11.3 Å². The van der Waals surface area contributed by atoms with Gasteiger partial charge >= 0.3 is 0 Å². The maximum Gasteiger partial charge on any atom is 0.228 e. The molecule has 1 atom stereocenters. The van der Waals surface area contributed by atoms with Gasteiger partial charge in [-0.15, -0.1) is 0 Å². The number of amides is 1. The number of aromatic nitrogens is 2. The molecule has 0 saturated carbocycles. The molecule has 2 saturated heterocycles. The van der Waals surface area contributed by atoms with E-state index in [1.54, 1.807) is 0 Å². The van der Waals surface area contributed by atoms with Crippen LogP contribution in [0.5, 0.6) is 0 Å². The van der Waals surface area contributed by atoms with E-state index in [4.69, 9.17) is 16.3 Å². The van der Waals surface area contributed by atoms with E-state index in [0.29, 0.717) is 13.2 Å². The van der Waals surface area contributed by atoms with E-state index in [1.807, 2.05) is 30.3 Å². The third-order valence-corrected chi connectivity index (χ3v) is 5.28. The van der Waals surface area contributed by atoms with Gasteiger partial charge in [0.15, 0.2) is 0 Å². The average molecular weight is 402 g/mol. The monoisotopic (exact) mass is 401 g/mol. The van der Waals surface area contributed by atoms with E-state index in [-0.39, 0.29) is 17.1 Å². The predicted molar refractivity (Wildman–Crippen MR) is 110 cm³/mol. The fourth-order valence-electron chi connectivity index (χ4n) is 3.58. The van der Waals surface area contributed by atoms with Crippen LogP contribution in [-0.4, -0.2) is 55.3 Å². The van der Waals surface area contributed by atoms with Crippen LogP contribution < -0.4 is 15.5 Å². The summed E-state index contributed by atoms with van der Waals surface area (Å²) in [5.74, 6) is 0.860. The number of hydrogen-bond acceptors (Lipinski definition) is 6. The SMILES string of the molecule is O=C(Nc1cccc(-c2cc(N3CCOCC3)nc(Cl)n2)c1)C1CCCNC1. The van der Waals surface area contributed by atoms with E-state index < -0.39 is 0 Å². The fourth-order valence-corrected chi connectivity index (χ4v) is 3.76. The Morgan fingerprint density at radius 1 is 1.25 bits per heavy atom. The van der Waals surface area contributed by atoms with Crippen molar-refractivity contribution in [2.45, 2.75) is 12.8 Å². The number of nitrogens with one attached hydrogen (secondary N) is 2. The van der Waals surface area contributed by atoms with Crippen molar-refractivity contribution in [2.75, 3.05) is 49.6 Å². The van der Waals surface area contributed by atoms with Gasteiger partial charge in [0.25, 0.3) is 0 Å². The highest BCUT2D eigenvalue weighted by Gasteiger charge is 2.21. The van der Waals surface area contributed by atoms with Crippen molar-refractivity contribution in [2.24, 2.45) is 5.92 Å². The van der Waals surface area contributed by atoms with Crippen molar-refractivity contribution in [3.63, 3.8) is 0 Å². The Morgan fingerprint density at radius 2 is 2.11 bits per heavy atom. The minimum Gasteiger partial charge on any atom is -0.378 e. The molecule has 2 aliphatic rings. The molecule has 1 aromatic carbocycles. The van der Waals surface area contributed by atoms with Crippen LogP contribution in [-0.2, 0) is 9.53 Å². The normalized spacial score (nSPS) is 20.0. The first-order valence-electron chi connectivity index (χ1n) is 9.68. The molecule has 4 rings (SSSR count). The third kappa shape index (κ3) is 4.60. The number of ether oxygens (including phenoxy) is 1. The Bertz CT molecular complexity index is 835. The molecule has 0 spiro atoms. The summed E-state index contributed by atoms with van der Waals surface area (Å²) in [6.07, 6.45) is 1.95. The van der Waals surface area contributed by atoms with Crippen molar-refractivity contribution in [1.82, 2.24) is 15.3 Å². The highest BCUT2D eigenvalue weighted by atomic mass is 35.5. The number of benzene rings is 1. The highest BCUT2D eigenvalue weighted by molar-refractivity contribution is 6.28. The van der Waals surface area contributed by atoms with Crippen LogP contribution in [0.4, 0.5) is 11.5 Å². The van der Waals surface area contributed by atoms with E-state index in [0.717, 1.165) is 61.8 Å². The molecule has 28 heavy (non-hydrogen) atoms. The molecule has 1 amide bonds. The summed E-state index contributed by atoms with van der Waals surface area (Å²) in [4.78, 5) is 23.4. The van der Waals surface area contributed by atoms with E-state index >= 15 is 0 Å².